The van der Waals surface area contributed by atoms with Crippen molar-refractivity contribution < 1.29 is 37.0 Å². The number of hydrazone groups is 2. The summed E-state index contributed by atoms with van der Waals surface area (Å²) >= 11 is 2.37. The SMILES string of the molecule is O=C(NCCCCc1ccc(OCc2ccc(F)c(C(F)(F)F)c2)c(CNCCO)c1)c1cnc(N/N=C2/C(=O)N(c3nc(-c4ccccc4)cs3)N=C2c2ccccc2)s1. The minimum Gasteiger partial charge on any atom is -0.489 e. The number of aliphatic hydroxyl groups is 1. The number of carbonyl (C=O) groups is 2. The first-order valence-electron chi connectivity index (χ1n) is 19.1. The molecule has 2 aromatic heterocycles. The number of unbranched alkanes of at least 4 members (excludes halogenated alkanes) is 1. The van der Waals surface area contributed by atoms with Crippen LogP contribution in [0.2, 0.25) is 0 Å². The summed E-state index contributed by atoms with van der Waals surface area (Å²) in [5.74, 6) is -1.69. The number of anilines is 2. The van der Waals surface area contributed by atoms with Gasteiger partial charge in [-0.15, -0.1) is 11.3 Å². The molecule has 18 heteroatoms. The summed E-state index contributed by atoms with van der Waals surface area (Å²) in [4.78, 5) is 36.0. The Labute approximate surface area is 355 Å². The Bertz CT molecular complexity index is 2530. The van der Waals surface area contributed by atoms with Crippen LogP contribution in [0.1, 0.15) is 50.3 Å². The number of amides is 2. The lowest BCUT2D eigenvalue weighted by atomic mass is 10.0. The minimum atomic E-state index is -4.83. The van der Waals surface area contributed by atoms with Crippen LogP contribution in [-0.4, -0.2) is 58.0 Å². The first-order chi connectivity index (χ1) is 29.6. The summed E-state index contributed by atoms with van der Waals surface area (Å²) in [6.07, 6.45) is -1.33. The van der Waals surface area contributed by atoms with E-state index < -0.39 is 23.5 Å². The Kier molecular flexibility index (Phi) is 13.9. The van der Waals surface area contributed by atoms with E-state index in [9.17, 15) is 32.3 Å². The third kappa shape index (κ3) is 10.9. The highest BCUT2D eigenvalue weighted by molar-refractivity contribution is 7.17. The van der Waals surface area contributed by atoms with E-state index in [1.54, 1.807) is 6.07 Å². The van der Waals surface area contributed by atoms with Gasteiger partial charge in [-0.3, -0.25) is 15.0 Å². The van der Waals surface area contributed by atoms with Gasteiger partial charge in [0.25, 0.3) is 5.91 Å². The fourth-order valence-electron chi connectivity index (χ4n) is 6.21. The van der Waals surface area contributed by atoms with Crippen LogP contribution in [-0.2, 0) is 30.5 Å². The zero-order chi connectivity index (χ0) is 42.8. The van der Waals surface area contributed by atoms with Crippen molar-refractivity contribution in [2.75, 3.05) is 30.1 Å². The second-order valence-corrected chi connectivity index (χ2v) is 15.4. The Morgan fingerprint density at radius 2 is 1.67 bits per heavy atom. The maximum atomic E-state index is 13.8. The van der Waals surface area contributed by atoms with Crippen LogP contribution in [0, 0.1) is 5.82 Å². The highest BCUT2D eigenvalue weighted by Crippen LogP contribution is 2.33. The maximum Gasteiger partial charge on any atom is 0.419 e. The number of aliphatic hydroxyl groups excluding tert-OH is 1. The van der Waals surface area contributed by atoms with Gasteiger partial charge in [0.2, 0.25) is 10.3 Å². The molecule has 0 unspecified atom stereocenters. The lowest BCUT2D eigenvalue weighted by molar-refractivity contribution is -0.140. The minimum absolute atomic E-state index is 0.0625. The quantitative estimate of drug-likeness (QED) is 0.0385. The molecular weight excluding hydrogens is 833 g/mol. The van der Waals surface area contributed by atoms with Gasteiger partial charge < -0.3 is 20.5 Å². The van der Waals surface area contributed by atoms with Crippen LogP contribution in [0.15, 0.2) is 119 Å². The Hall–Kier alpha value is -6.34. The van der Waals surface area contributed by atoms with E-state index in [1.807, 2.05) is 78.2 Å². The molecule has 12 nitrogen and oxygen atoms in total. The van der Waals surface area contributed by atoms with Gasteiger partial charge >= 0.3 is 12.1 Å². The lowest BCUT2D eigenvalue weighted by Crippen LogP contribution is -2.28. The number of hydrogen-bond donors (Lipinski definition) is 4. The summed E-state index contributed by atoms with van der Waals surface area (Å²) in [7, 11) is 0. The molecule has 0 fully saturated rings. The van der Waals surface area contributed by atoms with Gasteiger partial charge in [-0.25, -0.2) is 14.4 Å². The number of aryl methyl sites for hydroxylation is 1. The molecule has 4 aromatic carbocycles. The largest absolute Gasteiger partial charge is 0.489 e. The molecule has 0 bridgehead atoms. The molecular formula is C43H38F4N8O4S2. The van der Waals surface area contributed by atoms with E-state index >= 15 is 0 Å². The van der Waals surface area contributed by atoms with Crippen molar-refractivity contribution in [2.45, 2.75) is 38.6 Å². The van der Waals surface area contributed by atoms with Crippen LogP contribution >= 0.6 is 22.7 Å². The Morgan fingerprint density at radius 3 is 2.43 bits per heavy atom. The molecule has 7 rings (SSSR count). The molecule has 6 aromatic rings. The van der Waals surface area contributed by atoms with Gasteiger partial charge in [-0.05, 0) is 48.6 Å². The van der Waals surface area contributed by atoms with E-state index in [4.69, 9.17) is 4.74 Å². The smallest absolute Gasteiger partial charge is 0.419 e. The number of alkyl halides is 3. The standard InChI is InChI=1S/C43H38F4N8O4S2/c44-33-16-14-28(22-32(33)43(45,46)47)25-59-35-17-15-27(21-31(35)23-48-19-20-56)9-7-8-18-49-39(57)36-24-50-41(61-36)53-52-38-37(30-12-5-2-6-13-30)54-55(40(38)58)42-51-34(26-60-42)29-10-3-1-4-11-29/h1-6,10-17,21-22,24,26,48,56H,7-9,18-20,23,25H2,(H,49,57)(H,50,53)/b52-38+. The normalized spacial score (nSPS) is 13.5. The number of ether oxygens (including phenoxy) is 1. The average molecular weight is 871 g/mol. The highest BCUT2D eigenvalue weighted by atomic mass is 32.1. The van der Waals surface area contributed by atoms with Crippen LogP contribution in [0.25, 0.3) is 11.3 Å². The molecule has 0 radical (unpaired) electrons. The van der Waals surface area contributed by atoms with Crippen molar-refractivity contribution in [3.05, 3.63) is 147 Å². The van der Waals surface area contributed by atoms with Crippen molar-refractivity contribution in [3.8, 4) is 17.0 Å². The zero-order valence-corrected chi connectivity index (χ0v) is 33.9. The van der Waals surface area contributed by atoms with Crippen molar-refractivity contribution in [3.63, 3.8) is 0 Å². The number of nitrogens with zero attached hydrogens (tertiary/aromatic N) is 5. The molecule has 0 saturated carbocycles. The van der Waals surface area contributed by atoms with Gasteiger partial charge in [0.1, 0.15) is 28.8 Å². The second kappa shape index (κ2) is 19.8. The van der Waals surface area contributed by atoms with Crippen molar-refractivity contribution >= 4 is 56.2 Å². The summed E-state index contributed by atoms with van der Waals surface area (Å²) in [5, 5.41) is 28.0. The van der Waals surface area contributed by atoms with Gasteiger partial charge in [-0.1, -0.05) is 90.2 Å². The van der Waals surface area contributed by atoms with Crippen molar-refractivity contribution in [1.29, 1.82) is 0 Å². The fraction of sp³-hybridized carbons (Fsp3) is 0.209. The van der Waals surface area contributed by atoms with Crippen LogP contribution in [0.4, 0.5) is 27.8 Å². The molecule has 1 aliphatic heterocycles. The third-order valence-corrected chi connectivity index (χ3v) is 11.0. The fourth-order valence-corrected chi connectivity index (χ4v) is 7.66. The summed E-state index contributed by atoms with van der Waals surface area (Å²) < 4.78 is 59.2. The molecule has 4 N–H and O–H groups in total. The van der Waals surface area contributed by atoms with Crippen molar-refractivity contribution in [1.82, 2.24) is 20.6 Å². The first kappa shape index (κ1) is 42.8. The number of carbonyl (C=O) groups excluding carboxylic acids is 2. The average Bonchev–Trinajstić information content (AvgIpc) is 4.03. The predicted octanol–water partition coefficient (Wildman–Crippen LogP) is 8.06. The number of thiazole rings is 2. The van der Waals surface area contributed by atoms with E-state index in [0.717, 1.165) is 52.3 Å². The molecule has 0 atom stereocenters. The Morgan fingerprint density at radius 1 is 0.918 bits per heavy atom. The lowest BCUT2D eigenvalue weighted by Gasteiger charge is -2.15. The van der Waals surface area contributed by atoms with E-state index in [-0.39, 0.29) is 30.4 Å². The molecule has 3 heterocycles. The van der Waals surface area contributed by atoms with Crippen LogP contribution in [0.3, 0.4) is 0 Å². The number of hydrogen-bond acceptors (Lipinski definition) is 12. The molecule has 2 amide bonds. The monoisotopic (exact) mass is 870 g/mol. The highest BCUT2D eigenvalue weighted by Gasteiger charge is 2.36. The topological polar surface area (TPSA) is 153 Å². The predicted molar refractivity (Wildman–Crippen MR) is 227 cm³/mol. The number of benzene rings is 4. The third-order valence-electron chi connectivity index (χ3n) is 9.24. The van der Waals surface area contributed by atoms with Crippen LogP contribution < -0.4 is 25.8 Å². The maximum absolute atomic E-state index is 13.8. The van der Waals surface area contributed by atoms with Gasteiger partial charge in [-0.2, -0.15) is 28.4 Å². The molecule has 0 saturated heterocycles. The molecule has 0 aliphatic carbocycles. The van der Waals surface area contributed by atoms with E-state index in [2.05, 4.69) is 36.2 Å². The van der Waals surface area contributed by atoms with E-state index in [0.29, 0.717) is 64.6 Å². The van der Waals surface area contributed by atoms with Crippen LogP contribution in [0.5, 0.6) is 5.75 Å². The summed E-state index contributed by atoms with van der Waals surface area (Å²) in [5.41, 5.74) is 6.11. The molecule has 61 heavy (non-hydrogen) atoms. The Balaban J connectivity index is 0.921. The molecule has 314 valence electrons. The second-order valence-electron chi connectivity index (χ2n) is 13.6. The van der Waals surface area contributed by atoms with Gasteiger partial charge in [0, 0.05) is 41.7 Å². The number of aromatic nitrogens is 2. The zero-order valence-electron chi connectivity index (χ0n) is 32.3. The molecule has 1 aliphatic rings. The molecule has 0 spiro atoms. The van der Waals surface area contributed by atoms with Gasteiger partial charge in [0.05, 0.1) is 24.1 Å². The first-order valence-corrected chi connectivity index (χ1v) is 20.8. The summed E-state index contributed by atoms with van der Waals surface area (Å²) in [6, 6.07) is 27.1. The number of halogens is 4. The van der Waals surface area contributed by atoms with Gasteiger partial charge in [0.15, 0.2) is 5.71 Å². The summed E-state index contributed by atoms with van der Waals surface area (Å²) in [6.45, 7) is 0.786. The number of nitrogens with one attached hydrogen (secondary N) is 3. The van der Waals surface area contributed by atoms with E-state index in [1.165, 1.54) is 28.6 Å². The van der Waals surface area contributed by atoms with Crippen molar-refractivity contribution in [2.24, 2.45) is 10.2 Å². The number of rotatable bonds is 18.